The van der Waals surface area contributed by atoms with Crippen LogP contribution in [0.15, 0.2) is 12.3 Å². The van der Waals surface area contributed by atoms with E-state index in [1.165, 1.54) is 38.9 Å². The van der Waals surface area contributed by atoms with Gasteiger partial charge in [0.2, 0.25) is 0 Å². The smallest absolute Gasteiger partial charge is 0.331 e. The monoisotopic (exact) mass is 211 g/mol. The van der Waals surface area contributed by atoms with Gasteiger partial charge in [-0.25, -0.2) is 4.79 Å². The van der Waals surface area contributed by atoms with Crippen LogP contribution < -0.4 is 5.32 Å². The molecule has 1 rings (SSSR count). The molecule has 3 heteroatoms. The summed E-state index contributed by atoms with van der Waals surface area (Å²) in [5, 5.41) is 3.16. The lowest BCUT2D eigenvalue weighted by Gasteiger charge is -2.26. The average Bonchev–Trinajstić information content (AvgIpc) is 2.24. The van der Waals surface area contributed by atoms with Crippen LogP contribution in [0, 0.1) is 11.8 Å². The van der Waals surface area contributed by atoms with Crippen molar-refractivity contribution in [3.05, 3.63) is 12.3 Å². The first-order chi connectivity index (χ1) is 7.22. The van der Waals surface area contributed by atoms with Crippen LogP contribution in [-0.4, -0.2) is 19.6 Å². The average molecular weight is 211 g/mol. The van der Waals surface area contributed by atoms with Crippen LogP contribution in [0.3, 0.4) is 0 Å². The quantitative estimate of drug-likeness (QED) is 0.571. The van der Waals surface area contributed by atoms with Crippen molar-refractivity contribution in [2.45, 2.75) is 32.6 Å². The van der Waals surface area contributed by atoms with Crippen LogP contribution in [0.4, 0.5) is 0 Å². The summed E-state index contributed by atoms with van der Waals surface area (Å²) in [5.74, 6) is 1.31. The van der Waals surface area contributed by atoms with Gasteiger partial charge in [-0.15, -0.1) is 0 Å². The van der Waals surface area contributed by atoms with E-state index in [1.807, 2.05) is 0 Å². The van der Waals surface area contributed by atoms with Crippen molar-refractivity contribution in [3.8, 4) is 0 Å². The largest absolute Gasteiger partial charge is 0.466 e. The molecule has 0 aromatic heterocycles. The zero-order valence-electron chi connectivity index (χ0n) is 9.66. The van der Waals surface area contributed by atoms with E-state index < -0.39 is 0 Å². The lowest BCUT2D eigenvalue weighted by atomic mass is 9.82. The van der Waals surface area contributed by atoms with Crippen LogP contribution in [0.2, 0.25) is 0 Å². The van der Waals surface area contributed by atoms with Crippen LogP contribution in [0.25, 0.3) is 0 Å². The Bertz CT molecular complexity index is 226. The first-order valence-electron chi connectivity index (χ1n) is 5.70. The van der Waals surface area contributed by atoms with Crippen molar-refractivity contribution in [2.24, 2.45) is 11.8 Å². The second-order valence-electron chi connectivity index (χ2n) is 4.40. The second kappa shape index (κ2) is 6.49. The minimum Gasteiger partial charge on any atom is -0.466 e. The van der Waals surface area contributed by atoms with E-state index in [-0.39, 0.29) is 5.97 Å². The van der Waals surface area contributed by atoms with Crippen molar-refractivity contribution in [3.63, 3.8) is 0 Å². The molecule has 2 atom stereocenters. The molecule has 0 aromatic carbocycles. The van der Waals surface area contributed by atoms with Crippen molar-refractivity contribution in [1.82, 2.24) is 5.32 Å². The lowest BCUT2D eigenvalue weighted by molar-refractivity contribution is -0.134. The zero-order valence-corrected chi connectivity index (χ0v) is 9.66. The Morgan fingerprint density at radius 2 is 2.33 bits per heavy atom. The molecule has 3 nitrogen and oxygen atoms in total. The number of rotatable bonds is 4. The van der Waals surface area contributed by atoms with Crippen LogP contribution in [-0.2, 0) is 9.53 Å². The number of nitrogens with one attached hydrogen (secondary N) is 1. The fourth-order valence-corrected chi connectivity index (χ4v) is 2.17. The lowest BCUT2D eigenvalue weighted by Crippen LogP contribution is -2.23. The summed E-state index contributed by atoms with van der Waals surface area (Å²) in [5.41, 5.74) is 0. The van der Waals surface area contributed by atoms with Gasteiger partial charge >= 0.3 is 5.97 Å². The summed E-state index contributed by atoms with van der Waals surface area (Å²) in [6.07, 6.45) is 8.43. The number of carbonyl (C=O) groups is 1. The van der Waals surface area contributed by atoms with E-state index in [2.05, 4.69) is 17.0 Å². The van der Waals surface area contributed by atoms with E-state index in [1.54, 1.807) is 6.20 Å². The van der Waals surface area contributed by atoms with Crippen molar-refractivity contribution in [2.75, 3.05) is 13.7 Å². The van der Waals surface area contributed by atoms with Gasteiger partial charge in [0.15, 0.2) is 0 Å². The number of carbonyl (C=O) groups excluding carboxylic acids is 1. The third-order valence-electron chi connectivity index (χ3n) is 2.99. The Balaban J connectivity index is 2.14. The highest BCUT2D eigenvalue weighted by Crippen LogP contribution is 2.27. The maximum absolute atomic E-state index is 10.8. The predicted molar refractivity (Wildman–Crippen MR) is 60.3 cm³/mol. The molecule has 0 bridgehead atoms. The topological polar surface area (TPSA) is 38.3 Å². The van der Waals surface area contributed by atoms with E-state index in [0.29, 0.717) is 0 Å². The zero-order chi connectivity index (χ0) is 11.1. The molecule has 0 spiro atoms. The molecule has 0 aromatic rings. The third kappa shape index (κ3) is 4.86. The summed E-state index contributed by atoms with van der Waals surface area (Å²) < 4.78 is 4.49. The van der Waals surface area contributed by atoms with Gasteiger partial charge < -0.3 is 10.1 Å². The second-order valence-corrected chi connectivity index (χ2v) is 4.40. The molecule has 1 aliphatic rings. The normalized spacial score (nSPS) is 26.5. The molecule has 15 heavy (non-hydrogen) atoms. The minimum absolute atomic E-state index is 0.306. The van der Waals surface area contributed by atoms with Gasteiger partial charge in [0.05, 0.1) is 7.11 Å². The molecular weight excluding hydrogens is 190 g/mol. The van der Waals surface area contributed by atoms with E-state index in [9.17, 15) is 4.79 Å². The van der Waals surface area contributed by atoms with Gasteiger partial charge in [0.1, 0.15) is 0 Å². The van der Waals surface area contributed by atoms with Gasteiger partial charge in [-0.05, 0) is 24.7 Å². The van der Waals surface area contributed by atoms with Gasteiger partial charge in [-0.3, -0.25) is 0 Å². The number of hydrogen-bond acceptors (Lipinski definition) is 3. The highest BCUT2D eigenvalue weighted by Gasteiger charge is 2.17. The highest BCUT2D eigenvalue weighted by molar-refractivity contribution is 5.81. The van der Waals surface area contributed by atoms with Crippen LogP contribution >= 0.6 is 0 Å². The molecule has 1 fully saturated rings. The molecule has 1 N–H and O–H groups in total. The molecule has 1 saturated carbocycles. The highest BCUT2D eigenvalue weighted by atomic mass is 16.5. The Kier molecular flexibility index (Phi) is 5.22. The Hall–Kier alpha value is -0.990. The SMILES string of the molecule is COC(=O)/C=C/NCC1CCCC(C)C1. The van der Waals surface area contributed by atoms with E-state index in [4.69, 9.17) is 0 Å². The molecule has 0 aliphatic heterocycles. The Labute approximate surface area is 91.9 Å². The van der Waals surface area contributed by atoms with Crippen LogP contribution in [0.5, 0.6) is 0 Å². The summed E-state index contributed by atoms with van der Waals surface area (Å²) in [7, 11) is 1.38. The fourth-order valence-electron chi connectivity index (χ4n) is 2.17. The van der Waals surface area contributed by atoms with E-state index >= 15 is 0 Å². The van der Waals surface area contributed by atoms with Gasteiger partial charge in [0, 0.05) is 18.8 Å². The summed E-state index contributed by atoms with van der Waals surface area (Å²) in [4.78, 5) is 10.8. The first kappa shape index (κ1) is 12.1. The fraction of sp³-hybridized carbons (Fsp3) is 0.750. The minimum atomic E-state index is -0.306. The first-order valence-corrected chi connectivity index (χ1v) is 5.70. The summed E-state index contributed by atoms with van der Waals surface area (Å²) in [6, 6.07) is 0. The molecule has 86 valence electrons. The Morgan fingerprint density at radius 1 is 1.53 bits per heavy atom. The molecule has 1 aliphatic carbocycles. The number of hydrogen-bond donors (Lipinski definition) is 1. The number of ether oxygens (including phenoxy) is 1. The molecule has 0 saturated heterocycles. The predicted octanol–water partition coefficient (Wildman–Crippen LogP) is 2.09. The molecule has 0 radical (unpaired) electrons. The van der Waals surface area contributed by atoms with Crippen molar-refractivity contribution >= 4 is 5.97 Å². The van der Waals surface area contributed by atoms with Crippen molar-refractivity contribution in [1.29, 1.82) is 0 Å². The van der Waals surface area contributed by atoms with Crippen LogP contribution in [0.1, 0.15) is 32.6 Å². The van der Waals surface area contributed by atoms with Crippen molar-refractivity contribution < 1.29 is 9.53 Å². The molecule has 0 amide bonds. The number of esters is 1. The number of methoxy groups -OCH3 is 1. The molecular formula is C12H21NO2. The standard InChI is InChI=1S/C12H21NO2/c1-10-4-3-5-11(8-10)9-13-7-6-12(14)15-2/h6-7,10-11,13H,3-5,8-9H2,1-2H3/b7-6+. The summed E-state index contributed by atoms with van der Waals surface area (Å²) >= 11 is 0. The summed E-state index contributed by atoms with van der Waals surface area (Å²) in [6.45, 7) is 3.29. The van der Waals surface area contributed by atoms with Gasteiger partial charge in [0.25, 0.3) is 0 Å². The maximum Gasteiger partial charge on any atom is 0.331 e. The maximum atomic E-state index is 10.8. The molecule has 2 unspecified atom stereocenters. The van der Waals surface area contributed by atoms with Gasteiger partial charge in [-0.2, -0.15) is 0 Å². The molecule has 0 heterocycles. The third-order valence-corrected chi connectivity index (χ3v) is 2.99. The van der Waals surface area contributed by atoms with E-state index in [0.717, 1.165) is 18.4 Å². The van der Waals surface area contributed by atoms with Gasteiger partial charge in [-0.1, -0.05) is 19.8 Å². The Morgan fingerprint density at radius 3 is 3.00 bits per heavy atom.